The van der Waals surface area contributed by atoms with E-state index in [0.717, 1.165) is 26.9 Å². The number of fused-ring (bicyclic) bond motifs is 1. The zero-order chi connectivity index (χ0) is 21.2. The first-order valence-electron chi connectivity index (χ1n) is 9.78. The molecule has 0 aliphatic rings. The molecule has 3 heterocycles. The molecule has 0 saturated heterocycles. The van der Waals surface area contributed by atoms with Gasteiger partial charge in [-0.15, -0.1) is 0 Å². The summed E-state index contributed by atoms with van der Waals surface area (Å²) in [6.07, 6.45) is 3.46. The van der Waals surface area contributed by atoms with Gasteiger partial charge in [0.2, 0.25) is 0 Å². The fraction of sp³-hybridized carbons (Fsp3) is 0.0833. The van der Waals surface area contributed by atoms with Gasteiger partial charge in [0.05, 0.1) is 16.8 Å². The first-order valence-corrected chi connectivity index (χ1v) is 10.6. The molecule has 0 spiro atoms. The second-order valence-electron chi connectivity index (χ2n) is 7.11. The summed E-state index contributed by atoms with van der Waals surface area (Å²) < 4.78 is 6.49. The van der Waals surface area contributed by atoms with Crippen molar-refractivity contribution in [3.05, 3.63) is 95.9 Å². The highest BCUT2D eigenvalue weighted by Gasteiger charge is 2.25. The highest BCUT2D eigenvalue weighted by atomic mass is 32.1. The number of hydrogen-bond donors (Lipinski definition) is 0. The first kappa shape index (κ1) is 19.1. The van der Waals surface area contributed by atoms with E-state index in [1.54, 1.807) is 23.4 Å². The van der Waals surface area contributed by atoms with Crippen LogP contribution in [0.4, 0.5) is 5.13 Å². The number of carbonyl (C=O) groups excluding carboxylic acids is 1. The third-order valence-corrected chi connectivity index (χ3v) is 5.98. The largest absolute Gasteiger partial charge is 0.355 e. The summed E-state index contributed by atoms with van der Waals surface area (Å²) in [5.74, 6) is 0.275. The minimum atomic E-state index is -0.272. The number of hydrogen-bond acceptors (Lipinski definition) is 6. The van der Waals surface area contributed by atoms with Gasteiger partial charge in [-0.2, -0.15) is 0 Å². The van der Waals surface area contributed by atoms with Crippen LogP contribution in [0.1, 0.15) is 21.6 Å². The monoisotopic (exact) mass is 426 g/mol. The topological polar surface area (TPSA) is 72.1 Å². The fourth-order valence-electron chi connectivity index (χ4n) is 3.34. The van der Waals surface area contributed by atoms with Crippen molar-refractivity contribution in [3.63, 3.8) is 0 Å². The Kier molecular flexibility index (Phi) is 5.01. The van der Waals surface area contributed by atoms with E-state index in [0.29, 0.717) is 17.4 Å². The molecule has 0 aliphatic carbocycles. The molecule has 0 bridgehead atoms. The lowest BCUT2D eigenvalue weighted by Gasteiger charge is -2.18. The van der Waals surface area contributed by atoms with Crippen LogP contribution in [0.2, 0.25) is 0 Å². The van der Waals surface area contributed by atoms with Crippen LogP contribution in [0.3, 0.4) is 0 Å². The number of pyridine rings is 1. The van der Waals surface area contributed by atoms with Gasteiger partial charge in [0.1, 0.15) is 0 Å². The highest BCUT2D eigenvalue weighted by Crippen LogP contribution is 2.32. The number of para-hydroxylation sites is 1. The summed E-state index contributed by atoms with van der Waals surface area (Å²) >= 11 is 1.48. The van der Waals surface area contributed by atoms with Gasteiger partial charge in [0.25, 0.3) is 5.91 Å². The average molecular weight is 427 g/mol. The van der Waals surface area contributed by atoms with E-state index in [1.807, 2.05) is 67.6 Å². The fourth-order valence-corrected chi connectivity index (χ4v) is 4.38. The first-order chi connectivity index (χ1) is 15.2. The van der Waals surface area contributed by atoms with Crippen molar-refractivity contribution in [2.24, 2.45) is 0 Å². The third kappa shape index (κ3) is 3.83. The van der Waals surface area contributed by atoms with Crippen LogP contribution in [0.15, 0.2) is 83.6 Å². The van der Waals surface area contributed by atoms with Crippen molar-refractivity contribution in [1.29, 1.82) is 0 Å². The number of benzene rings is 2. The van der Waals surface area contributed by atoms with Crippen molar-refractivity contribution in [2.45, 2.75) is 13.5 Å². The lowest BCUT2D eigenvalue weighted by Crippen LogP contribution is -2.30. The standard InChI is InChI=1S/C24H18N4O2S/c1-16-7-5-11-21-22(16)26-24(31-21)28(15-17-8-6-12-25-14-17)23(29)19-13-20(30-27-19)18-9-3-2-4-10-18/h2-14H,15H2,1H3. The highest BCUT2D eigenvalue weighted by molar-refractivity contribution is 7.22. The van der Waals surface area contributed by atoms with Gasteiger partial charge >= 0.3 is 0 Å². The van der Waals surface area contributed by atoms with Gasteiger partial charge in [-0.3, -0.25) is 14.7 Å². The van der Waals surface area contributed by atoms with Gasteiger partial charge in [-0.05, 0) is 30.2 Å². The van der Waals surface area contributed by atoms with Crippen LogP contribution in [0.25, 0.3) is 21.5 Å². The average Bonchev–Trinajstić information content (AvgIpc) is 3.47. The number of thiazole rings is 1. The zero-order valence-corrected chi connectivity index (χ0v) is 17.5. The number of anilines is 1. The van der Waals surface area contributed by atoms with Gasteiger partial charge in [-0.1, -0.05) is 65.0 Å². The summed E-state index contributed by atoms with van der Waals surface area (Å²) in [6.45, 7) is 2.35. The van der Waals surface area contributed by atoms with Crippen molar-refractivity contribution >= 4 is 32.6 Å². The third-order valence-electron chi connectivity index (χ3n) is 4.94. The van der Waals surface area contributed by atoms with Crippen molar-refractivity contribution in [3.8, 4) is 11.3 Å². The SMILES string of the molecule is Cc1cccc2sc(N(Cc3cccnc3)C(=O)c3cc(-c4ccccc4)on3)nc12. The number of rotatable bonds is 5. The van der Waals surface area contributed by atoms with E-state index in [4.69, 9.17) is 9.51 Å². The Morgan fingerprint density at radius 2 is 1.94 bits per heavy atom. The molecule has 2 aromatic carbocycles. The second-order valence-corrected chi connectivity index (χ2v) is 8.12. The Bertz CT molecular complexity index is 1350. The summed E-state index contributed by atoms with van der Waals surface area (Å²) in [5.41, 5.74) is 3.97. The van der Waals surface area contributed by atoms with E-state index < -0.39 is 0 Å². The molecule has 5 aromatic rings. The minimum absolute atomic E-state index is 0.235. The predicted octanol–water partition coefficient (Wildman–Crippen LogP) is 5.50. The van der Waals surface area contributed by atoms with Crippen LogP contribution in [0.5, 0.6) is 0 Å². The Hall–Kier alpha value is -3.84. The zero-order valence-electron chi connectivity index (χ0n) is 16.7. The molecular formula is C24H18N4O2S. The molecular weight excluding hydrogens is 408 g/mol. The van der Waals surface area contributed by atoms with E-state index in [2.05, 4.69) is 10.1 Å². The van der Waals surface area contributed by atoms with Crippen molar-refractivity contribution in [1.82, 2.24) is 15.1 Å². The maximum Gasteiger partial charge on any atom is 0.282 e. The number of aromatic nitrogens is 3. The normalized spacial score (nSPS) is 11.0. The summed E-state index contributed by atoms with van der Waals surface area (Å²) in [6, 6.07) is 21.1. The predicted molar refractivity (Wildman–Crippen MR) is 121 cm³/mol. The molecule has 3 aromatic heterocycles. The molecule has 152 valence electrons. The van der Waals surface area contributed by atoms with Gasteiger partial charge in [-0.25, -0.2) is 4.98 Å². The van der Waals surface area contributed by atoms with Gasteiger partial charge in [0.15, 0.2) is 16.6 Å². The molecule has 7 heteroatoms. The summed E-state index contributed by atoms with van der Waals surface area (Å²) in [5, 5.41) is 4.66. The van der Waals surface area contributed by atoms with E-state index in [9.17, 15) is 4.79 Å². The van der Waals surface area contributed by atoms with Crippen LogP contribution in [-0.2, 0) is 6.54 Å². The van der Waals surface area contributed by atoms with Crippen LogP contribution < -0.4 is 4.90 Å². The lowest BCUT2D eigenvalue weighted by atomic mass is 10.1. The lowest BCUT2D eigenvalue weighted by molar-refractivity contribution is 0.0976. The molecule has 0 fully saturated rings. The molecule has 0 saturated carbocycles. The van der Waals surface area contributed by atoms with E-state index >= 15 is 0 Å². The number of nitrogens with zero attached hydrogens (tertiary/aromatic N) is 4. The number of amides is 1. The molecule has 5 rings (SSSR count). The maximum absolute atomic E-state index is 13.5. The van der Waals surface area contributed by atoms with E-state index in [-0.39, 0.29) is 11.6 Å². The van der Waals surface area contributed by atoms with Gasteiger partial charge in [0, 0.05) is 24.0 Å². The molecule has 0 atom stereocenters. The van der Waals surface area contributed by atoms with Crippen LogP contribution >= 0.6 is 11.3 Å². The molecule has 0 aliphatic heterocycles. The number of carbonyl (C=O) groups is 1. The quantitative estimate of drug-likeness (QED) is 0.371. The maximum atomic E-state index is 13.5. The summed E-state index contributed by atoms with van der Waals surface area (Å²) in [4.78, 5) is 24.1. The Balaban J connectivity index is 1.54. The molecule has 6 nitrogen and oxygen atoms in total. The summed E-state index contributed by atoms with van der Waals surface area (Å²) in [7, 11) is 0. The second kappa shape index (κ2) is 8.12. The molecule has 31 heavy (non-hydrogen) atoms. The molecule has 0 radical (unpaired) electrons. The molecule has 1 amide bonds. The van der Waals surface area contributed by atoms with Crippen molar-refractivity contribution in [2.75, 3.05) is 4.90 Å². The molecule has 0 N–H and O–H groups in total. The van der Waals surface area contributed by atoms with Crippen LogP contribution in [0, 0.1) is 6.92 Å². The molecule has 0 unspecified atom stereocenters. The Morgan fingerprint density at radius 3 is 2.71 bits per heavy atom. The van der Waals surface area contributed by atoms with Gasteiger partial charge < -0.3 is 4.52 Å². The van der Waals surface area contributed by atoms with E-state index in [1.165, 1.54) is 11.3 Å². The van der Waals surface area contributed by atoms with Crippen LogP contribution in [-0.4, -0.2) is 21.0 Å². The Labute approximate surface area is 182 Å². The van der Waals surface area contributed by atoms with Crippen molar-refractivity contribution < 1.29 is 9.32 Å². The Morgan fingerprint density at radius 1 is 1.06 bits per heavy atom. The number of aryl methyl sites for hydroxylation is 1. The smallest absolute Gasteiger partial charge is 0.282 e. The minimum Gasteiger partial charge on any atom is -0.355 e.